The second-order valence-corrected chi connectivity index (χ2v) is 14.1. The molecule has 1 heterocycles. The Morgan fingerprint density at radius 1 is 0.780 bits per heavy atom. The van der Waals surface area contributed by atoms with Crippen LogP contribution >= 0.6 is 0 Å². The van der Waals surface area contributed by atoms with Crippen LogP contribution in [0.2, 0.25) is 0 Å². The van der Waals surface area contributed by atoms with Gasteiger partial charge in [0.25, 0.3) is 0 Å². The number of aliphatic hydroxyl groups is 1. The van der Waals surface area contributed by atoms with Gasteiger partial charge in [-0.25, -0.2) is 0 Å². The number of amides is 1. The summed E-state index contributed by atoms with van der Waals surface area (Å²) in [6, 6.07) is 26.3. The molecule has 0 saturated carbocycles. The summed E-state index contributed by atoms with van der Waals surface area (Å²) >= 11 is 0. The zero-order chi connectivity index (χ0) is 35.4. The zero-order valence-electron chi connectivity index (χ0n) is 30.7. The number of carbonyl (C=O) groups is 1. The first-order valence-electron chi connectivity index (χ1n) is 19.3. The summed E-state index contributed by atoms with van der Waals surface area (Å²) in [5.74, 6) is -0.0199. The van der Waals surface area contributed by atoms with Gasteiger partial charge in [0.15, 0.2) is 6.29 Å². The van der Waals surface area contributed by atoms with Crippen molar-refractivity contribution in [2.75, 3.05) is 25.5 Å². The van der Waals surface area contributed by atoms with Crippen molar-refractivity contribution >= 4 is 11.6 Å². The van der Waals surface area contributed by atoms with Gasteiger partial charge in [-0.15, -0.1) is 6.58 Å². The number of ether oxygens (including phenoxy) is 2. The van der Waals surface area contributed by atoms with Gasteiger partial charge >= 0.3 is 0 Å². The van der Waals surface area contributed by atoms with Crippen molar-refractivity contribution in [3.63, 3.8) is 0 Å². The maximum Gasteiger partial charge on any atom is 0.224 e. The molecule has 1 unspecified atom stereocenters. The molecular weight excluding hydrogens is 620 g/mol. The molecule has 0 spiro atoms. The third-order valence-electron chi connectivity index (χ3n) is 9.85. The number of aliphatic hydroxyl groups excluding tert-OH is 1. The van der Waals surface area contributed by atoms with Crippen LogP contribution in [0.3, 0.4) is 0 Å². The molecule has 3 aromatic carbocycles. The van der Waals surface area contributed by atoms with Crippen LogP contribution in [0.1, 0.15) is 137 Å². The van der Waals surface area contributed by atoms with E-state index in [-0.39, 0.29) is 30.6 Å². The summed E-state index contributed by atoms with van der Waals surface area (Å²) < 4.78 is 13.7. The summed E-state index contributed by atoms with van der Waals surface area (Å²) in [5, 5.41) is 12.8. The average molecular weight is 683 g/mol. The zero-order valence-corrected chi connectivity index (χ0v) is 30.7. The molecule has 1 aliphatic rings. The molecule has 0 aromatic heterocycles. The minimum atomic E-state index is -0.627. The number of anilines is 1. The van der Waals surface area contributed by atoms with Crippen LogP contribution in [0.4, 0.5) is 5.69 Å². The Kier molecular flexibility index (Phi) is 17.8. The highest BCUT2D eigenvalue weighted by Gasteiger charge is 2.42. The third-order valence-corrected chi connectivity index (χ3v) is 9.85. The van der Waals surface area contributed by atoms with Crippen LogP contribution in [0, 0.1) is 0 Å². The molecule has 3 aromatic rings. The summed E-state index contributed by atoms with van der Waals surface area (Å²) in [6.45, 7) is 7.63. The highest BCUT2D eigenvalue weighted by Crippen LogP contribution is 2.47. The second-order valence-electron chi connectivity index (χ2n) is 14.1. The van der Waals surface area contributed by atoms with Crippen LogP contribution in [-0.4, -0.2) is 42.2 Å². The lowest BCUT2D eigenvalue weighted by Crippen LogP contribution is -2.43. The van der Waals surface area contributed by atoms with Gasteiger partial charge in [0.1, 0.15) is 0 Å². The number of unbranched alkanes of at least 4 members (excludes halogenated alkanes) is 12. The van der Waals surface area contributed by atoms with Gasteiger partial charge < -0.3 is 24.8 Å². The van der Waals surface area contributed by atoms with Crippen molar-refractivity contribution in [1.29, 1.82) is 0 Å². The molecule has 272 valence electrons. The average Bonchev–Trinajstić information content (AvgIpc) is 3.14. The molecule has 0 radical (unpaired) electrons. The van der Waals surface area contributed by atoms with Crippen molar-refractivity contribution in [3.8, 4) is 0 Å². The predicted molar refractivity (Wildman–Crippen MR) is 206 cm³/mol. The van der Waals surface area contributed by atoms with Gasteiger partial charge in [0.2, 0.25) is 5.91 Å². The van der Waals surface area contributed by atoms with Gasteiger partial charge in [-0.05, 0) is 42.3 Å². The topological polar surface area (TPSA) is 71.0 Å². The molecule has 4 rings (SSSR count). The number of nitrogens with zero attached hydrogens (tertiary/aromatic N) is 1. The van der Waals surface area contributed by atoms with Gasteiger partial charge in [0, 0.05) is 36.7 Å². The smallest absolute Gasteiger partial charge is 0.224 e. The first-order chi connectivity index (χ1) is 24.5. The molecule has 50 heavy (non-hydrogen) atoms. The molecule has 4 atom stereocenters. The largest absolute Gasteiger partial charge is 0.392 e. The monoisotopic (exact) mass is 682 g/mol. The van der Waals surface area contributed by atoms with E-state index in [9.17, 15) is 9.90 Å². The van der Waals surface area contributed by atoms with Crippen LogP contribution in [0.25, 0.3) is 0 Å². The molecule has 6 heteroatoms. The Hall–Kier alpha value is -3.29. The summed E-state index contributed by atoms with van der Waals surface area (Å²) in [7, 11) is 2.08. The first kappa shape index (κ1) is 39.5. The Labute approximate surface area is 302 Å². The lowest BCUT2D eigenvalue weighted by molar-refractivity contribution is -0.263. The molecule has 1 amide bonds. The van der Waals surface area contributed by atoms with E-state index in [1.54, 1.807) is 0 Å². The van der Waals surface area contributed by atoms with E-state index in [4.69, 9.17) is 9.47 Å². The normalized spacial score (nSPS) is 19.0. The van der Waals surface area contributed by atoms with E-state index in [0.29, 0.717) is 13.0 Å². The van der Waals surface area contributed by atoms with Crippen molar-refractivity contribution in [1.82, 2.24) is 4.90 Å². The molecule has 6 nitrogen and oxygen atoms in total. The van der Waals surface area contributed by atoms with E-state index in [0.717, 1.165) is 47.3 Å². The van der Waals surface area contributed by atoms with Gasteiger partial charge in [-0.1, -0.05) is 157 Å². The molecule has 1 saturated heterocycles. The summed E-state index contributed by atoms with van der Waals surface area (Å²) in [5.41, 5.74) is 4.65. The Bertz CT molecular complexity index is 1380. The van der Waals surface area contributed by atoms with Crippen LogP contribution < -0.4 is 5.32 Å². The predicted octanol–water partition coefficient (Wildman–Crippen LogP) is 10.7. The lowest BCUT2D eigenvalue weighted by Gasteiger charge is -2.44. The first-order valence-corrected chi connectivity index (χ1v) is 19.3. The minimum absolute atomic E-state index is 0.00744. The Morgan fingerprint density at radius 2 is 1.40 bits per heavy atom. The molecule has 1 fully saturated rings. The van der Waals surface area contributed by atoms with Crippen LogP contribution in [0.5, 0.6) is 0 Å². The van der Waals surface area contributed by atoms with Crippen LogP contribution in [0.15, 0.2) is 91.5 Å². The maximum atomic E-state index is 12.9. The second kappa shape index (κ2) is 22.5. The number of nitrogens with one attached hydrogen (secondary N) is 1. The van der Waals surface area contributed by atoms with E-state index in [1.807, 2.05) is 60.7 Å². The number of carbonyl (C=O) groups excluding carboxylic acids is 1. The van der Waals surface area contributed by atoms with E-state index in [2.05, 4.69) is 55.0 Å². The molecule has 0 aliphatic carbocycles. The summed E-state index contributed by atoms with van der Waals surface area (Å²) in [4.78, 5) is 15.1. The maximum absolute atomic E-state index is 12.9. The third kappa shape index (κ3) is 13.1. The van der Waals surface area contributed by atoms with E-state index >= 15 is 0 Å². The number of likely N-dealkylation sites (N-methyl/N-ethyl adjacent to an activating group) is 1. The highest BCUT2D eigenvalue weighted by atomic mass is 16.7. The minimum Gasteiger partial charge on any atom is -0.392 e. The van der Waals surface area contributed by atoms with Gasteiger partial charge in [-0.3, -0.25) is 4.79 Å². The number of benzene rings is 3. The quantitative estimate of drug-likeness (QED) is 0.0769. The van der Waals surface area contributed by atoms with Crippen LogP contribution in [-0.2, 0) is 20.9 Å². The number of hydrogen-bond donors (Lipinski definition) is 2. The van der Waals surface area contributed by atoms with Crippen molar-refractivity contribution in [2.24, 2.45) is 0 Å². The SMILES string of the molecule is C=CCN(C)C[C@H]1OC(c2cccc(NC(=O)CCCCCCCCCCCCCCC)c2)O[C@@H](c2ccc(CO)cc2)[C@@H]1c1ccccc1. The fraction of sp³-hybridized carbons (Fsp3) is 0.523. The number of hydrogen-bond acceptors (Lipinski definition) is 5. The fourth-order valence-electron chi connectivity index (χ4n) is 7.06. The Balaban J connectivity index is 1.35. The van der Waals surface area contributed by atoms with Gasteiger partial charge in [-0.2, -0.15) is 0 Å². The lowest BCUT2D eigenvalue weighted by atomic mass is 9.83. The molecule has 1 aliphatic heterocycles. The highest BCUT2D eigenvalue weighted by molar-refractivity contribution is 5.90. The van der Waals surface area contributed by atoms with Crippen molar-refractivity contribution in [2.45, 2.75) is 128 Å². The van der Waals surface area contributed by atoms with E-state index in [1.165, 1.54) is 70.6 Å². The summed E-state index contributed by atoms with van der Waals surface area (Å²) in [6.07, 6.45) is 18.1. The molecular formula is C44H62N2O4. The van der Waals surface area contributed by atoms with Gasteiger partial charge in [0.05, 0.1) is 18.8 Å². The molecule has 2 N–H and O–H groups in total. The number of rotatable bonds is 23. The molecule has 0 bridgehead atoms. The van der Waals surface area contributed by atoms with Crippen molar-refractivity contribution in [3.05, 3.63) is 114 Å². The Morgan fingerprint density at radius 3 is 2.02 bits per heavy atom. The fourth-order valence-corrected chi connectivity index (χ4v) is 7.06. The van der Waals surface area contributed by atoms with Crippen molar-refractivity contribution < 1.29 is 19.4 Å². The van der Waals surface area contributed by atoms with E-state index < -0.39 is 6.29 Å². The standard InChI is InChI=1S/C44H62N2O4/c1-4-6-7-8-9-10-11-12-13-14-15-16-20-26-41(48)45-39-25-21-24-38(32-39)44-49-40(33-46(3)31-5-2)42(36-22-18-17-19-23-36)43(50-44)37-29-27-35(34-47)28-30-37/h5,17-19,21-25,27-30,32,40,42-44,47H,2,4,6-16,20,26,31,33-34H2,1,3H3,(H,45,48)/t40-,42-,43+,44?/m1/s1.